The molecule has 0 unspecified atom stereocenters. The summed E-state index contributed by atoms with van der Waals surface area (Å²) in [5.41, 5.74) is -0.422. The van der Waals surface area contributed by atoms with Crippen molar-refractivity contribution in [3.63, 3.8) is 0 Å². The maximum absolute atomic E-state index is 12.8. The average molecular weight is 521 g/mol. The molecule has 2 N–H and O–H groups in total. The Kier molecular flexibility index (Phi) is 7.99. The minimum absolute atomic E-state index is 0.343. The molecule has 2 amide bonds. The lowest BCUT2D eigenvalue weighted by Gasteiger charge is -2.43. The van der Waals surface area contributed by atoms with Crippen LogP contribution in [0.3, 0.4) is 0 Å². The fourth-order valence-corrected chi connectivity index (χ4v) is 8.58. The Morgan fingerprint density at radius 3 is 1.33 bits per heavy atom. The van der Waals surface area contributed by atoms with Gasteiger partial charge in [-0.1, -0.05) is 38.5 Å². The highest BCUT2D eigenvalue weighted by atomic mass is 32.2. The molecule has 0 radical (unpaired) electrons. The van der Waals surface area contributed by atoms with E-state index in [0.29, 0.717) is 58.4 Å². The summed E-state index contributed by atoms with van der Waals surface area (Å²) in [7, 11) is 0. The van der Waals surface area contributed by atoms with E-state index in [1.165, 1.54) is 23.5 Å². The van der Waals surface area contributed by atoms with Gasteiger partial charge in [-0.05, 0) is 25.7 Å². The number of amides is 2. The van der Waals surface area contributed by atoms with Crippen molar-refractivity contribution in [1.29, 1.82) is 21.0 Å². The Morgan fingerprint density at radius 2 is 1.03 bits per heavy atom. The van der Waals surface area contributed by atoms with E-state index < -0.39 is 22.7 Å². The van der Waals surface area contributed by atoms with Gasteiger partial charge in [-0.25, -0.2) is 0 Å². The first-order valence-corrected chi connectivity index (χ1v) is 14.4. The van der Waals surface area contributed by atoms with Crippen molar-refractivity contribution in [3.8, 4) is 24.3 Å². The number of hydrogen-bond acceptors (Lipinski definition) is 8. The summed E-state index contributed by atoms with van der Waals surface area (Å²) in [6, 6.07) is 8.92. The third kappa shape index (κ3) is 4.39. The normalized spacial score (nSPS) is 26.9. The number of hydrogen-bond donors (Lipinski definition) is 2. The van der Waals surface area contributed by atoms with Crippen molar-refractivity contribution < 1.29 is 9.59 Å². The van der Waals surface area contributed by atoms with Crippen LogP contribution in [-0.2, 0) is 9.59 Å². The van der Waals surface area contributed by atoms with Crippen molar-refractivity contribution in [2.75, 3.05) is 11.5 Å². The lowest BCUT2D eigenvalue weighted by molar-refractivity contribution is -0.127. The number of rotatable bonds is 5. The summed E-state index contributed by atoms with van der Waals surface area (Å²) < 4.78 is 0. The topological polar surface area (TPSA) is 153 Å². The number of thioether (sulfide) groups is 2. The fraction of sp³-hybridized carbons (Fsp3) is 0.615. The Labute approximate surface area is 220 Å². The first-order chi connectivity index (χ1) is 17.5. The molecule has 186 valence electrons. The largest absolute Gasteiger partial charge is 0.319 e. The summed E-state index contributed by atoms with van der Waals surface area (Å²) in [5.74, 6) is -1.33. The second kappa shape index (κ2) is 11.0. The Morgan fingerprint density at radius 1 is 0.667 bits per heavy atom. The zero-order valence-electron chi connectivity index (χ0n) is 20.1. The minimum Gasteiger partial charge on any atom is -0.319 e. The standard InChI is InChI=1S/C26H28N6O2S2/c27-13-17-21(33)31-23(19(15-29)25(17)7-3-1-4-8-25)35-11-12-36-24-20(16-30)26(9-5-2-6-10-26)18(14-28)22(34)32-24/h17-18H,1-12H2,(H,31,33)(H,32,34)/t17-,18+. The molecule has 4 aliphatic rings. The third-order valence-corrected chi connectivity index (χ3v) is 10.4. The van der Waals surface area contributed by atoms with E-state index in [-0.39, 0.29) is 11.8 Å². The van der Waals surface area contributed by atoms with E-state index in [4.69, 9.17) is 0 Å². The predicted molar refractivity (Wildman–Crippen MR) is 136 cm³/mol. The second-order valence-electron chi connectivity index (χ2n) is 9.87. The molecule has 0 aromatic heterocycles. The zero-order valence-corrected chi connectivity index (χ0v) is 21.7. The van der Waals surface area contributed by atoms with Crippen LogP contribution in [0.4, 0.5) is 0 Å². The second-order valence-corrected chi connectivity index (χ2v) is 12.1. The van der Waals surface area contributed by atoms with E-state index >= 15 is 0 Å². The average Bonchev–Trinajstić information content (AvgIpc) is 2.88. The molecule has 2 aliphatic carbocycles. The molecule has 4 rings (SSSR count). The summed E-state index contributed by atoms with van der Waals surface area (Å²) in [6.07, 6.45) is 8.27. The quantitative estimate of drug-likeness (QED) is 0.507. The maximum atomic E-state index is 12.8. The van der Waals surface area contributed by atoms with Gasteiger partial charge in [-0.3, -0.25) is 9.59 Å². The van der Waals surface area contributed by atoms with Crippen LogP contribution in [0.15, 0.2) is 21.2 Å². The smallest absolute Gasteiger partial charge is 0.243 e. The Hall–Kier alpha value is -2.92. The molecular formula is C26H28N6O2S2. The van der Waals surface area contributed by atoms with Gasteiger partial charge in [0.25, 0.3) is 0 Å². The highest BCUT2D eigenvalue weighted by Crippen LogP contribution is 2.53. The molecule has 2 saturated carbocycles. The molecule has 2 spiro atoms. The van der Waals surface area contributed by atoms with Crippen LogP contribution in [0.25, 0.3) is 0 Å². The highest BCUT2D eigenvalue weighted by molar-refractivity contribution is 8.06. The van der Waals surface area contributed by atoms with Crippen LogP contribution in [0, 0.1) is 68.0 Å². The number of nitriles is 4. The third-order valence-electron chi connectivity index (χ3n) is 8.10. The summed E-state index contributed by atoms with van der Waals surface area (Å²) in [4.78, 5) is 25.6. The summed E-state index contributed by atoms with van der Waals surface area (Å²) in [6.45, 7) is 0. The maximum Gasteiger partial charge on any atom is 0.243 e. The lowest BCUT2D eigenvalue weighted by atomic mass is 9.61. The van der Waals surface area contributed by atoms with Gasteiger partial charge in [-0.15, -0.1) is 23.5 Å². The summed E-state index contributed by atoms with van der Waals surface area (Å²) >= 11 is 2.74. The lowest BCUT2D eigenvalue weighted by Crippen LogP contribution is -2.48. The molecule has 36 heavy (non-hydrogen) atoms. The zero-order chi connectivity index (χ0) is 25.8. The first kappa shape index (κ1) is 26.2. The predicted octanol–water partition coefficient (Wildman–Crippen LogP) is 4.36. The van der Waals surface area contributed by atoms with Gasteiger partial charge in [0.2, 0.25) is 11.8 Å². The molecular weight excluding hydrogens is 492 g/mol. The highest BCUT2D eigenvalue weighted by Gasteiger charge is 2.52. The molecule has 10 heteroatoms. The van der Waals surface area contributed by atoms with Crippen molar-refractivity contribution in [2.24, 2.45) is 22.7 Å². The first-order valence-electron chi connectivity index (χ1n) is 12.4. The Bertz CT molecular complexity index is 1070. The van der Waals surface area contributed by atoms with E-state index in [1.54, 1.807) is 0 Å². The molecule has 0 bridgehead atoms. The van der Waals surface area contributed by atoms with E-state index in [0.717, 1.165) is 38.5 Å². The van der Waals surface area contributed by atoms with E-state index in [9.17, 15) is 30.6 Å². The van der Waals surface area contributed by atoms with Crippen molar-refractivity contribution in [1.82, 2.24) is 10.6 Å². The molecule has 2 fully saturated rings. The van der Waals surface area contributed by atoms with Gasteiger partial charge in [0.15, 0.2) is 0 Å². The number of carbonyl (C=O) groups excluding carboxylic acids is 2. The number of nitrogens with one attached hydrogen (secondary N) is 2. The van der Waals surface area contributed by atoms with Crippen LogP contribution >= 0.6 is 23.5 Å². The summed E-state index contributed by atoms with van der Waals surface area (Å²) in [5, 5.41) is 46.1. The van der Waals surface area contributed by atoms with E-state index in [2.05, 4.69) is 34.9 Å². The van der Waals surface area contributed by atoms with Gasteiger partial charge in [0.1, 0.15) is 11.8 Å². The fourth-order valence-electron chi connectivity index (χ4n) is 6.37. The van der Waals surface area contributed by atoms with Gasteiger partial charge >= 0.3 is 0 Å². The van der Waals surface area contributed by atoms with Crippen LogP contribution < -0.4 is 10.6 Å². The minimum atomic E-state index is -0.855. The van der Waals surface area contributed by atoms with E-state index in [1.807, 2.05) is 0 Å². The van der Waals surface area contributed by atoms with Crippen LogP contribution in [-0.4, -0.2) is 23.3 Å². The van der Waals surface area contributed by atoms with Crippen molar-refractivity contribution >= 4 is 35.3 Å². The monoisotopic (exact) mass is 520 g/mol. The molecule has 2 aliphatic heterocycles. The van der Waals surface area contributed by atoms with Gasteiger partial charge < -0.3 is 10.6 Å². The number of allylic oxidation sites excluding steroid dienone is 2. The molecule has 2 heterocycles. The molecule has 0 aromatic rings. The number of carbonyl (C=O) groups is 2. The molecule has 0 saturated heterocycles. The Balaban J connectivity index is 1.52. The number of nitrogens with zero attached hydrogens (tertiary/aromatic N) is 4. The van der Waals surface area contributed by atoms with Crippen molar-refractivity contribution in [2.45, 2.75) is 64.2 Å². The van der Waals surface area contributed by atoms with Crippen LogP contribution in [0.2, 0.25) is 0 Å². The molecule has 2 atom stereocenters. The van der Waals surface area contributed by atoms with Crippen molar-refractivity contribution in [3.05, 3.63) is 21.2 Å². The van der Waals surface area contributed by atoms with Gasteiger partial charge in [0.05, 0.1) is 45.5 Å². The van der Waals surface area contributed by atoms with Gasteiger partial charge in [-0.2, -0.15) is 21.0 Å². The molecule has 8 nitrogen and oxygen atoms in total. The van der Waals surface area contributed by atoms with Crippen LogP contribution in [0.5, 0.6) is 0 Å². The molecule has 0 aromatic carbocycles. The van der Waals surface area contributed by atoms with Gasteiger partial charge in [0, 0.05) is 22.3 Å². The SMILES string of the molecule is N#CC1=C(SCCSC2=C(C#N)C3(CCCCC3)[C@@H](C#N)C(=O)N2)NC(=O)[C@@H](C#N)C12CCCCC2. The van der Waals surface area contributed by atoms with Crippen LogP contribution in [0.1, 0.15) is 64.2 Å².